The number of rotatable bonds is 8. The lowest BCUT2D eigenvalue weighted by Gasteiger charge is -2.21. The van der Waals surface area contributed by atoms with Gasteiger partial charge in [-0.1, -0.05) is 37.3 Å². The first kappa shape index (κ1) is 16.2. The topological polar surface area (TPSA) is 30.5 Å². The fourth-order valence-corrected chi connectivity index (χ4v) is 1.81. The lowest BCUT2D eigenvalue weighted by molar-refractivity contribution is -0.0373. The lowest BCUT2D eigenvalue weighted by atomic mass is 10.1. The molecule has 19 heavy (non-hydrogen) atoms. The van der Waals surface area contributed by atoms with Crippen LogP contribution in [0.25, 0.3) is 0 Å². The first-order valence-corrected chi connectivity index (χ1v) is 7.03. The predicted octanol–water partition coefficient (Wildman–Crippen LogP) is 3.17. The molecule has 0 radical (unpaired) electrons. The van der Waals surface area contributed by atoms with Crippen LogP contribution in [-0.2, 0) is 9.47 Å². The molecule has 0 fully saturated rings. The Morgan fingerprint density at radius 2 is 1.79 bits per heavy atom. The highest BCUT2D eigenvalue weighted by molar-refractivity contribution is 5.18. The van der Waals surface area contributed by atoms with Crippen LogP contribution in [-0.4, -0.2) is 32.0 Å². The van der Waals surface area contributed by atoms with Crippen LogP contribution < -0.4 is 5.32 Å². The van der Waals surface area contributed by atoms with Crippen molar-refractivity contribution < 1.29 is 9.47 Å². The van der Waals surface area contributed by atoms with E-state index in [9.17, 15) is 0 Å². The molecule has 1 aromatic carbocycles. The Labute approximate surface area is 117 Å². The molecular weight excluding hydrogens is 238 g/mol. The molecule has 0 aliphatic heterocycles. The van der Waals surface area contributed by atoms with Gasteiger partial charge in [0.05, 0.1) is 31.5 Å². The van der Waals surface area contributed by atoms with Gasteiger partial charge in [0, 0.05) is 0 Å². The predicted molar refractivity (Wildman–Crippen MR) is 79.4 cm³/mol. The van der Waals surface area contributed by atoms with Crippen LogP contribution in [0.1, 0.15) is 39.3 Å². The molecule has 3 heteroatoms. The van der Waals surface area contributed by atoms with Crippen molar-refractivity contribution in [3.63, 3.8) is 0 Å². The zero-order valence-electron chi connectivity index (χ0n) is 12.6. The summed E-state index contributed by atoms with van der Waals surface area (Å²) in [6.07, 6.45) is 0. The highest BCUT2D eigenvalue weighted by Crippen LogP contribution is 2.13. The van der Waals surface area contributed by atoms with Crippen LogP contribution in [0.2, 0.25) is 0 Å². The number of likely N-dealkylation sites (N-methyl/N-ethyl adjacent to an activating group) is 1. The van der Waals surface area contributed by atoms with E-state index in [4.69, 9.17) is 9.47 Å². The van der Waals surface area contributed by atoms with Crippen LogP contribution in [0, 0.1) is 0 Å². The Morgan fingerprint density at radius 1 is 1.11 bits per heavy atom. The molecule has 1 N–H and O–H groups in total. The Bertz CT molecular complexity index is 332. The number of nitrogens with one attached hydrogen (secondary N) is 1. The van der Waals surface area contributed by atoms with E-state index in [1.54, 1.807) is 0 Å². The summed E-state index contributed by atoms with van der Waals surface area (Å²) in [4.78, 5) is 0. The quantitative estimate of drug-likeness (QED) is 0.732. The fraction of sp³-hybridized carbons (Fsp3) is 0.625. The molecule has 3 nitrogen and oxygen atoms in total. The van der Waals surface area contributed by atoms with Gasteiger partial charge in [0.15, 0.2) is 0 Å². The second kappa shape index (κ2) is 8.31. The zero-order chi connectivity index (χ0) is 14.1. The number of hydrogen-bond donors (Lipinski definition) is 1. The molecule has 108 valence electrons. The van der Waals surface area contributed by atoms with Crippen LogP contribution in [0.4, 0.5) is 0 Å². The van der Waals surface area contributed by atoms with Gasteiger partial charge < -0.3 is 14.8 Å². The first-order chi connectivity index (χ1) is 9.03. The summed E-state index contributed by atoms with van der Waals surface area (Å²) >= 11 is 0. The molecule has 0 aliphatic carbocycles. The van der Waals surface area contributed by atoms with Gasteiger partial charge in [-0.25, -0.2) is 0 Å². The fourth-order valence-electron chi connectivity index (χ4n) is 1.81. The van der Waals surface area contributed by atoms with Gasteiger partial charge >= 0.3 is 0 Å². The second-order valence-electron chi connectivity index (χ2n) is 5.56. The molecule has 0 saturated carbocycles. The van der Waals surface area contributed by atoms with Crippen LogP contribution in [0.15, 0.2) is 30.3 Å². The Kier molecular flexibility index (Phi) is 7.06. The summed E-state index contributed by atoms with van der Waals surface area (Å²) in [6, 6.07) is 10.7. The third-order valence-electron chi connectivity index (χ3n) is 2.70. The normalized spacial score (nSPS) is 13.5. The second-order valence-corrected chi connectivity index (χ2v) is 5.56. The van der Waals surface area contributed by atoms with Crippen molar-refractivity contribution in [2.24, 2.45) is 0 Å². The first-order valence-electron chi connectivity index (χ1n) is 7.03. The van der Waals surface area contributed by atoms with Crippen molar-refractivity contribution in [3.05, 3.63) is 35.9 Å². The summed E-state index contributed by atoms with van der Waals surface area (Å²) in [6.45, 7) is 11.1. The molecule has 1 rings (SSSR count). The van der Waals surface area contributed by atoms with Crippen LogP contribution in [0.5, 0.6) is 0 Å². The molecule has 1 unspecified atom stereocenters. The van der Waals surface area contributed by atoms with Gasteiger partial charge in [-0.2, -0.15) is 0 Å². The van der Waals surface area contributed by atoms with Gasteiger partial charge in [-0.15, -0.1) is 0 Å². The number of hydrogen-bond acceptors (Lipinski definition) is 3. The maximum absolute atomic E-state index is 5.71. The average molecular weight is 265 g/mol. The van der Waals surface area contributed by atoms with E-state index < -0.39 is 0 Å². The van der Waals surface area contributed by atoms with Gasteiger partial charge in [-0.05, 0) is 32.9 Å². The molecule has 0 aromatic heterocycles. The van der Waals surface area contributed by atoms with Crippen LogP contribution in [0.3, 0.4) is 0 Å². The highest BCUT2D eigenvalue weighted by Gasteiger charge is 2.11. The van der Waals surface area contributed by atoms with Crippen molar-refractivity contribution in [2.45, 2.75) is 39.3 Å². The van der Waals surface area contributed by atoms with E-state index >= 15 is 0 Å². The molecule has 0 saturated heterocycles. The summed E-state index contributed by atoms with van der Waals surface area (Å²) < 4.78 is 11.3. The number of ether oxygens (including phenoxy) is 2. The minimum Gasteiger partial charge on any atom is -0.377 e. The summed E-state index contributed by atoms with van der Waals surface area (Å²) in [5.74, 6) is 0. The van der Waals surface area contributed by atoms with Crippen molar-refractivity contribution >= 4 is 0 Å². The third-order valence-corrected chi connectivity index (χ3v) is 2.70. The monoisotopic (exact) mass is 265 g/mol. The van der Waals surface area contributed by atoms with Crippen molar-refractivity contribution in [1.29, 1.82) is 0 Å². The number of benzene rings is 1. The van der Waals surface area contributed by atoms with E-state index in [2.05, 4.69) is 57.3 Å². The Balaban J connectivity index is 2.31. The van der Waals surface area contributed by atoms with Crippen molar-refractivity contribution in [3.8, 4) is 0 Å². The summed E-state index contributed by atoms with van der Waals surface area (Å²) in [5.41, 5.74) is 1.17. The standard InChI is InChI=1S/C16H27NO2/c1-5-17-15(14-9-7-6-8-10-14)13-18-11-12-19-16(2,3)4/h6-10,15,17H,5,11-13H2,1-4H3. The van der Waals surface area contributed by atoms with E-state index in [0.29, 0.717) is 19.8 Å². The Morgan fingerprint density at radius 3 is 2.37 bits per heavy atom. The van der Waals surface area contributed by atoms with Crippen molar-refractivity contribution in [2.75, 3.05) is 26.4 Å². The van der Waals surface area contributed by atoms with Gasteiger partial charge in [0.2, 0.25) is 0 Å². The largest absolute Gasteiger partial charge is 0.377 e. The smallest absolute Gasteiger partial charge is 0.0707 e. The van der Waals surface area contributed by atoms with Crippen LogP contribution >= 0.6 is 0 Å². The molecule has 0 heterocycles. The molecule has 0 aliphatic rings. The van der Waals surface area contributed by atoms with Gasteiger partial charge in [-0.3, -0.25) is 0 Å². The van der Waals surface area contributed by atoms with Gasteiger partial charge in [0.1, 0.15) is 0 Å². The molecule has 0 spiro atoms. The zero-order valence-corrected chi connectivity index (χ0v) is 12.6. The lowest BCUT2D eigenvalue weighted by Crippen LogP contribution is -2.27. The maximum atomic E-state index is 5.71. The third kappa shape index (κ3) is 7.31. The molecular formula is C16H27NO2. The molecule has 1 atom stereocenters. The summed E-state index contributed by atoms with van der Waals surface area (Å²) in [5, 5.41) is 3.44. The van der Waals surface area contributed by atoms with Gasteiger partial charge in [0.25, 0.3) is 0 Å². The molecule has 0 bridgehead atoms. The molecule has 0 amide bonds. The summed E-state index contributed by atoms with van der Waals surface area (Å²) in [7, 11) is 0. The Hall–Kier alpha value is -0.900. The van der Waals surface area contributed by atoms with E-state index in [-0.39, 0.29) is 11.6 Å². The van der Waals surface area contributed by atoms with E-state index in [0.717, 1.165) is 6.54 Å². The van der Waals surface area contributed by atoms with Crippen molar-refractivity contribution in [1.82, 2.24) is 5.32 Å². The minimum atomic E-state index is -0.0934. The average Bonchev–Trinajstić information content (AvgIpc) is 2.37. The minimum absolute atomic E-state index is 0.0934. The van der Waals surface area contributed by atoms with E-state index in [1.165, 1.54) is 5.56 Å². The molecule has 1 aromatic rings. The SMILES string of the molecule is CCNC(COCCOC(C)(C)C)c1ccccc1. The van der Waals surface area contributed by atoms with E-state index in [1.807, 2.05) is 6.07 Å². The maximum Gasteiger partial charge on any atom is 0.0707 e. The highest BCUT2D eigenvalue weighted by atomic mass is 16.5.